The topological polar surface area (TPSA) is 154 Å². The number of aromatic nitrogens is 2. The second-order valence-corrected chi connectivity index (χ2v) is 11.5. The Morgan fingerprint density at radius 3 is 2.61 bits per heavy atom. The van der Waals surface area contributed by atoms with Gasteiger partial charge in [0, 0.05) is 23.9 Å². The molecule has 0 saturated heterocycles. The predicted octanol–water partition coefficient (Wildman–Crippen LogP) is 2.28. The van der Waals surface area contributed by atoms with E-state index < -0.39 is 41.3 Å². The number of primary amides is 1. The fourth-order valence-electron chi connectivity index (χ4n) is 5.26. The Balaban J connectivity index is 1.62. The van der Waals surface area contributed by atoms with Crippen LogP contribution < -0.4 is 20.5 Å². The number of fused-ring (bicyclic) bond motifs is 2. The number of nitrogens with one attached hydrogen (secondary N) is 1. The van der Waals surface area contributed by atoms with Crippen molar-refractivity contribution < 1.29 is 28.7 Å². The van der Waals surface area contributed by atoms with Crippen LogP contribution in [0.4, 0.5) is 4.79 Å². The van der Waals surface area contributed by atoms with Gasteiger partial charge < -0.3 is 25.3 Å². The normalized spacial score (nSPS) is 30.8. The van der Waals surface area contributed by atoms with E-state index in [0.29, 0.717) is 18.5 Å². The highest BCUT2D eigenvalue weighted by atomic mass is 16.5. The van der Waals surface area contributed by atoms with Crippen molar-refractivity contribution >= 4 is 24.1 Å². The van der Waals surface area contributed by atoms with Gasteiger partial charge in [0.25, 0.3) is 0 Å². The summed E-state index contributed by atoms with van der Waals surface area (Å²) in [6.45, 7) is 6.18. The van der Waals surface area contributed by atoms with E-state index in [2.05, 4.69) is 15.3 Å². The number of nitrogens with zero attached hydrogens (tertiary/aromatic N) is 3. The molecule has 0 spiro atoms. The Hall–Kier alpha value is -3.50. The smallest absolute Gasteiger partial charge is 0.321 e. The van der Waals surface area contributed by atoms with Crippen LogP contribution in [0.3, 0.4) is 0 Å². The van der Waals surface area contributed by atoms with E-state index in [1.54, 1.807) is 6.07 Å². The van der Waals surface area contributed by atoms with E-state index in [0.717, 1.165) is 24.0 Å². The molecule has 3 aliphatic rings. The zero-order valence-corrected chi connectivity index (χ0v) is 22.4. The van der Waals surface area contributed by atoms with Crippen LogP contribution in [0.1, 0.15) is 65.0 Å². The number of rotatable bonds is 4. The zero-order chi connectivity index (χ0) is 27.7. The highest BCUT2D eigenvalue weighted by Crippen LogP contribution is 2.45. The molecular weight excluding hydrogens is 490 g/mol. The van der Waals surface area contributed by atoms with Crippen LogP contribution in [-0.2, 0) is 19.8 Å². The molecule has 2 heterocycles. The number of imide groups is 1. The van der Waals surface area contributed by atoms with E-state index in [-0.39, 0.29) is 42.6 Å². The average molecular weight is 528 g/mol. The van der Waals surface area contributed by atoms with E-state index in [4.69, 9.17) is 15.2 Å². The Kier molecular flexibility index (Phi) is 7.75. The molecule has 3 N–H and O–H groups in total. The summed E-state index contributed by atoms with van der Waals surface area (Å²) >= 11 is 0. The number of ether oxygens (including phenoxy) is 2. The molecule has 38 heavy (non-hydrogen) atoms. The van der Waals surface area contributed by atoms with Crippen molar-refractivity contribution in [2.45, 2.75) is 76.4 Å². The molecule has 0 aromatic carbocycles. The molecule has 11 nitrogen and oxygen atoms in total. The van der Waals surface area contributed by atoms with Gasteiger partial charge in [-0.25, -0.2) is 4.79 Å². The first-order valence-electron chi connectivity index (χ1n) is 13.1. The molecule has 11 heteroatoms. The van der Waals surface area contributed by atoms with Crippen molar-refractivity contribution in [1.29, 1.82) is 0 Å². The van der Waals surface area contributed by atoms with Crippen LogP contribution in [0.5, 0.6) is 11.9 Å². The van der Waals surface area contributed by atoms with Crippen LogP contribution >= 0.6 is 0 Å². The van der Waals surface area contributed by atoms with Crippen molar-refractivity contribution in [2.75, 3.05) is 13.7 Å². The summed E-state index contributed by atoms with van der Waals surface area (Å²) in [5.41, 5.74) is 5.03. The van der Waals surface area contributed by atoms with Crippen LogP contribution in [-0.4, -0.2) is 64.3 Å². The third-order valence-electron chi connectivity index (χ3n) is 7.62. The van der Waals surface area contributed by atoms with Crippen LogP contribution in [0.25, 0.3) is 0 Å². The minimum Gasteiger partial charge on any atom is -0.474 e. The molecular formula is C27H37N5O6. The number of urea groups is 1. The minimum atomic E-state index is -0.963. The van der Waals surface area contributed by atoms with Crippen molar-refractivity contribution in [2.24, 2.45) is 23.5 Å². The molecule has 0 radical (unpaired) electrons. The van der Waals surface area contributed by atoms with E-state index >= 15 is 0 Å². The summed E-state index contributed by atoms with van der Waals surface area (Å²) in [6, 6.07) is 1.03. The van der Waals surface area contributed by atoms with Gasteiger partial charge in [0.05, 0.1) is 24.6 Å². The van der Waals surface area contributed by atoms with Gasteiger partial charge in [0.2, 0.25) is 17.7 Å². The lowest BCUT2D eigenvalue weighted by Crippen LogP contribution is -2.49. The number of hydrogen-bond acceptors (Lipinski definition) is 8. The second kappa shape index (κ2) is 10.7. The summed E-state index contributed by atoms with van der Waals surface area (Å²) in [5, 5.41) is 2.89. The van der Waals surface area contributed by atoms with Gasteiger partial charge >= 0.3 is 12.0 Å². The first-order valence-corrected chi connectivity index (χ1v) is 13.1. The van der Waals surface area contributed by atoms with Crippen molar-refractivity contribution in [3.05, 3.63) is 23.9 Å². The van der Waals surface area contributed by atoms with E-state index in [1.165, 1.54) is 7.11 Å². The van der Waals surface area contributed by atoms with Gasteiger partial charge in [0.1, 0.15) is 17.9 Å². The number of methoxy groups -OCH3 is 1. The first kappa shape index (κ1) is 27.5. The lowest BCUT2D eigenvalue weighted by molar-refractivity contribution is -0.139. The minimum absolute atomic E-state index is 0.0686. The number of hydrogen-bond donors (Lipinski definition) is 2. The highest BCUT2D eigenvalue weighted by Gasteiger charge is 2.56. The first-order chi connectivity index (χ1) is 18.0. The predicted molar refractivity (Wildman–Crippen MR) is 137 cm³/mol. The van der Waals surface area contributed by atoms with Crippen molar-refractivity contribution in [3.63, 3.8) is 0 Å². The Bertz CT molecular complexity index is 1130. The van der Waals surface area contributed by atoms with Crippen molar-refractivity contribution in [3.8, 4) is 11.9 Å². The lowest BCUT2D eigenvalue weighted by Gasteiger charge is -2.26. The summed E-state index contributed by atoms with van der Waals surface area (Å²) in [5.74, 6) is -2.34. The Morgan fingerprint density at radius 2 is 1.95 bits per heavy atom. The van der Waals surface area contributed by atoms with E-state index in [9.17, 15) is 19.2 Å². The molecule has 4 rings (SSSR count). The molecule has 2 fully saturated rings. The zero-order valence-electron chi connectivity index (χ0n) is 22.4. The molecule has 2 aliphatic carbocycles. The largest absolute Gasteiger partial charge is 0.474 e. The van der Waals surface area contributed by atoms with Crippen molar-refractivity contribution in [1.82, 2.24) is 20.2 Å². The Morgan fingerprint density at radius 1 is 1.21 bits per heavy atom. The molecule has 206 valence electrons. The molecule has 2 saturated carbocycles. The maximum Gasteiger partial charge on any atom is 0.321 e. The molecule has 1 aromatic heterocycles. The Labute approximate surface area is 222 Å². The van der Waals surface area contributed by atoms with Gasteiger partial charge in [-0.2, -0.15) is 9.97 Å². The van der Waals surface area contributed by atoms with Gasteiger partial charge in [-0.15, -0.1) is 0 Å². The molecule has 1 aliphatic heterocycles. The summed E-state index contributed by atoms with van der Waals surface area (Å²) in [4.78, 5) is 61.0. The highest BCUT2D eigenvalue weighted by molar-refractivity contribution is 5.98. The van der Waals surface area contributed by atoms with Crippen LogP contribution in [0.15, 0.2) is 18.2 Å². The standard InChI is InChI=1S/C27H37N5O6/c1-26(2,3)20-13-21(30-25(29-20)37-4)38-17-11-18-19(12-17)23(35)32(24(28)36)10-8-6-5-7-9-16-14-27(16,15-33)31-22(18)34/h7,9,13,15-19H,5-6,8,10-12,14H2,1-4H3,(H2,28,36)(H,31,34)/b9-7+. The number of carbonyl (C=O) groups is 4. The summed E-state index contributed by atoms with van der Waals surface area (Å²) < 4.78 is 11.4. The number of amides is 4. The third kappa shape index (κ3) is 5.81. The van der Waals surface area contributed by atoms with Crippen LogP contribution in [0.2, 0.25) is 0 Å². The van der Waals surface area contributed by atoms with Crippen LogP contribution in [0, 0.1) is 17.8 Å². The van der Waals surface area contributed by atoms with Gasteiger partial charge in [-0.05, 0) is 38.5 Å². The molecule has 0 bridgehead atoms. The molecule has 1 aromatic rings. The fraction of sp³-hybridized carbons (Fsp3) is 0.630. The SMILES string of the molecule is COc1nc(OC2CC3C(=O)NC4(C=O)CC4/C=C/CCCCN(C(N)=O)C(=O)C3C2)cc(C(C)(C)C)n1. The lowest BCUT2D eigenvalue weighted by atomic mass is 9.92. The summed E-state index contributed by atoms with van der Waals surface area (Å²) in [6.07, 6.45) is 7.18. The van der Waals surface area contributed by atoms with Gasteiger partial charge in [0.15, 0.2) is 0 Å². The summed E-state index contributed by atoms with van der Waals surface area (Å²) in [7, 11) is 1.47. The fourth-order valence-corrected chi connectivity index (χ4v) is 5.26. The molecule has 4 amide bonds. The number of allylic oxidation sites excluding steroid dienone is 1. The number of nitrogens with two attached hydrogens (primary N) is 1. The van der Waals surface area contributed by atoms with E-state index in [1.807, 2.05) is 32.9 Å². The van der Waals surface area contributed by atoms with Gasteiger partial charge in [-0.3, -0.25) is 14.5 Å². The molecule has 5 atom stereocenters. The number of aldehydes is 1. The third-order valence-corrected chi connectivity index (χ3v) is 7.62. The second-order valence-electron chi connectivity index (χ2n) is 11.5. The monoisotopic (exact) mass is 527 g/mol. The quantitative estimate of drug-likeness (QED) is 0.447. The van der Waals surface area contributed by atoms with Gasteiger partial charge in [-0.1, -0.05) is 32.9 Å². The average Bonchev–Trinajstić information content (AvgIpc) is 3.37. The maximum atomic E-state index is 13.6. The molecule has 5 unspecified atom stereocenters. The number of carbonyl (C=O) groups excluding carboxylic acids is 4. The maximum absolute atomic E-state index is 13.6.